The van der Waals surface area contributed by atoms with Crippen molar-refractivity contribution in [1.29, 1.82) is 0 Å². The molecule has 10 heteroatoms. The highest BCUT2D eigenvalue weighted by Crippen LogP contribution is 2.32. The van der Waals surface area contributed by atoms with E-state index in [1.54, 1.807) is 4.90 Å². The monoisotopic (exact) mass is 438 g/mol. The Kier molecular flexibility index (Phi) is 6.99. The lowest BCUT2D eigenvalue weighted by atomic mass is 10.0. The van der Waals surface area contributed by atoms with E-state index in [0.717, 1.165) is 30.4 Å². The molecule has 1 aromatic carbocycles. The zero-order valence-corrected chi connectivity index (χ0v) is 17.4. The summed E-state index contributed by atoms with van der Waals surface area (Å²) in [6.45, 7) is 6.01. The van der Waals surface area contributed by atoms with Crippen LogP contribution < -0.4 is 15.0 Å². The number of aromatic nitrogens is 2. The number of carboxylic acid groups (broad SMARTS) is 1. The summed E-state index contributed by atoms with van der Waals surface area (Å²) >= 11 is 0. The van der Waals surface area contributed by atoms with Crippen molar-refractivity contribution >= 4 is 11.9 Å². The van der Waals surface area contributed by atoms with Crippen LogP contribution in [0.5, 0.6) is 5.75 Å². The van der Waals surface area contributed by atoms with Crippen molar-refractivity contribution < 1.29 is 27.8 Å². The van der Waals surface area contributed by atoms with E-state index in [0.29, 0.717) is 25.2 Å². The lowest BCUT2D eigenvalue weighted by Gasteiger charge is -2.35. The number of carboxylic acids is 1. The third-order valence-corrected chi connectivity index (χ3v) is 5.19. The molecule has 3 rings (SSSR count). The van der Waals surface area contributed by atoms with Gasteiger partial charge < -0.3 is 20.1 Å². The number of nitrogens with one attached hydrogen (secondary N) is 1. The Hall–Kier alpha value is -2.88. The molecule has 1 aromatic heterocycles. The number of hydrogen-bond donors (Lipinski definition) is 2. The molecular formula is C21H25F3N4O3. The van der Waals surface area contributed by atoms with E-state index in [9.17, 15) is 18.0 Å². The number of rotatable bonds is 7. The fourth-order valence-corrected chi connectivity index (χ4v) is 3.62. The topological polar surface area (TPSA) is 87.6 Å². The normalized spacial score (nSPS) is 15.0. The van der Waals surface area contributed by atoms with Crippen LogP contribution in [0.1, 0.15) is 46.9 Å². The predicted molar refractivity (Wildman–Crippen MR) is 108 cm³/mol. The fourth-order valence-electron chi connectivity index (χ4n) is 3.62. The number of aryl methyl sites for hydroxylation is 1. The third-order valence-electron chi connectivity index (χ3n) is 5.19. The van der Waals surface area contributed by atoms with E-state index in [1.807, 2.05) is 32.0 Å². The van der Waals surface area contributed by atoms with Gasteiger partial charge in [0.05, 0.1) is 6.61 Å². The average molecular weight is 438 g/mol. The third kappa shape index (κ3) is 5.43. The second kappa shape index (κ2) is 9.51. The molecule has 0 amide bonds. The number of piperidine rings is 1. The molecule has 0 radical (unpaired) electrons. The SMILES string of the molecule is CCOc1cc(CN(c2ncc(C(=O)O)c(C(F)(F)F)n2)C2CCNCC2)ccc1C. The van der Waals surface area contributed by atoms with Crippen molar-refractivity contribution in [2.75, 3.05) is 24.6 Å². The summed E-state index contributed by atoms with van der Waals surface area (Å²) in [6, 6.07) is 5.57. The number of aromatic carboxylic acids is 1. The number of halogens is 3. The van der Waals surface area contributed by atoms with E-state index < -0.39 is 23.4 Å². The molecule has 2 heterocycles. The van der Waals surface area contributed by atoms with Gasteiger partial charge in [-0.3, -0.25) is 0 Å². The van der Waals surface area contributed by atoms with Crippen molar-refractivity contribution in [3.8, 4) is 5.75 Å². The van der Waals surface area contributed by atoms with Crippen molar-refractivity contribution in [3.63, 3.8) is 0 Å². The van der Waals surface area contributed by atoms with Gasteiger partial charge in [-0.25, -0.2) is 14.8 Å². The minimum atomic E-state index is -4.91. The summed E-state index contributed by atoms with van der Waals surface area (Å²) in [4.78, 5) is 20.7. The molecule has 168 valence electrons. The standard InChI is InChI=1S/C21H25F3N4O3/c1-3-31-17-10-14(5-4-13(17)2)12-28(15-6-8-25-9-7-15)20-26-11-16(19(29)30)18(27-20)21(22,23)24/h4-5,10-11,15,25H,3,6-9,12H2,1-2H3,(H,29,30). The first-order chi connectivity index (χ1) is 14.7. The molecule has 7 nitrogen and oxygen atoms in total. The Balaban J connectivity index is 2.02. The molecule has 1 fully saturated rings. The summed E-state index contributed by atoms with van der Waals surface area (Å²) < 4.78 is 46.2. The Labute approximate surface area is 178 Å². The second-order valence-corrected chi connectivity index (χ2v) is 7.38. The van der Waals surface area contributed by atoms with Crippen LogP contribution >= 0.6 is 0 Å². The summed E-state index contributed by atoms with van der Waals surface area (Å²) in [5, 5.41) is 12.4. The minimum absolute atomic E-state index is 0.0881. The lowest BCUT2D eigenvalue weighted by Crippen LogP contribution is -2.44. The van der Waals surface area contributed by atoms with Gasteiger partial charge in [-0.05, 0) is 57.0 Å². The zero-order valence-electron chi connectivity index (χ0n) is 17.4. The van der Waals surface area contributed by atoms with E-state index in [4.69, 9.17) is 9.84 Å². The first-order valence-corrected chi connectivity index (χ1v) is 10.1. The van der Waals surface area contributed by atoms with Crippen LogP contribution in [0, 0.1) is 6.92 Å². The fraction of sp³-hybridized carbons (Fsp3) is 0.476. The zero-order chi connectivity index (χ0) is 22.6. The van der Waals surface area contributed by atoms with Crippen LogP contribution in [0.15, 0.2) is 24.4 Å². The largest absolute Gasteiger partial charge is 0.494 e. The maximum atomic E-state index is 13.5. The molecule has 1 aliphatic rings. The molecule has 31 heavy (non-hydrogen) atoms. The van der Waals surface area contributed by atoms with Gasteiger partial charge in [0.25, 0.3) is 0 Å². The number of alkyl halides is 3. The Morgan fingerprint density at radius 3 is 2.65 bits per heavy atom. The molecule has 0 aliphatic carbocycles. The van der Waals surface area contributed by atoms with Crippen LogP contribution in [0.3, 0.4) is 0 Å². The predicted octanol–water partition coefficient (Wildman–Crippen LogP) is 3.66. The second-order valence-electron chi connectivity index (χ2n) is 7.38. The van der Waals surface area contributed by atoms with Gasteiger partial charge in [0.2, 0.25) is 5.95 Å². The van der Waals surface area contributed by atoms with Crippen molar-refractivity contribution in [1.82, 2.24) is 15.3 Å². The number of carbonyl (C=O) groups is 1. The number of benzene rings is 1. The summed E-state index contributed by atoms with van der Waals surface area (Å²) in [5.41, 5.74) is -0.606. The quantitative estimate of drug-likeness (QED) is 0.682. The minimum Gasteiger partial charge on any atom is -0.494 e. The van der Waals surface area contributed by atoms with Gasteiger partial charge in [0.1, 0.15) is 11.3 Å². The number of nitrogens with zero attached hydrogens (tertiary/aromatic N) is 3. The van der Waals surface area contributed by atoms with Crippen LogP contribution in [0.4, 0.5) is 19.1 Å². The first kappa shape index (κ1) is 22.8. The van der Waals surface area contributed by atoms with Crippen molar-refractivity contribution in [3.05, 3.63) is 46.8 Å². The number of hydrogen-bond acceptors (Lipinski definition) is 6. The van der Waals surface area contributed by atoms with E-state index >= 15 is 0 Å². The van der Waals surface area contributed by atoms with Crippen LogP contribution in [0.2, 0.25) is 0 Å². The van der Waals surface area contributed by atoms with Gasteiger partial charge >= 0.3 is 12.1 Å². The van der Waals surface area contributed by atoms with E-state index in [1.165, 1.54) is 0 Å². The first-order valence-electron chi connectivity index (χ1n) is 10.1. The molecule has 0 spiro atoms. The van der Waals surface area contributed by atoms with Gasteiger partial charge in [0.15, 0.2) is 5.69 Å². The average Bonchev–Trinajstić information content (AvgIpc) is 2.74. The highest BCUT2D eigenvalue weighted by atomic mass is 19.4. The van der Waals surface area contributed by atoms with Crippen LogP contribution in [-0.2, 0) is 12.7 Å². The Morgan fingerprint density at radius 1 is 1.32 bits per heavy atom. The van der Waals surface area contributed by atoms with Gasteiger partial charge in [-0.1, -0.05) is 12.1 Å². The van der Waals surface area contributed by atoms with Crippen molar-refractivity contribution in [2.24, 2.45) is 0 Å². The summed E-state index contributed by atoms with van der Waals surface area (Å²) in [5.74, 6) is -1.14. The molecule has 0 bridgehead atoms. The maximum absolute atomic E-state index is 13.5. The van der Waals surface area contributed by atoms with Gasteiger partial charge in [0, 0.05) is 18.8 Å². The summed E-state index contributed by atoms with van der Waals surface area (Å²) in [6.07, 6.45) is -2.76. The molecule has 2 aromatic rings. The molecular weight excluding hydrogens is 413 g/mol. The molecule has 0 atom stereocenters. The smallest absolute Gasteiger partial charge is 0.434 e. The molecule has 1 aliphatic heterocycles. The van der Waals surface area contributed by atoms with Gasteiger partial charge in [-0.2, -0.15) is 13.2 Å². The lowest BCUT2D eigenvalue weighted by molar-refractivity contribution is -0.141. The maximum Gasteiger partial charge on any atom is 0.434 e. The molecule has 0 saturated carbocycles. The number of ether oxygens (including phenoxy) is 1. The Morgan fingerprint density at radius 2 is 2.03 bits per heavy atom. The highest BCUT2D eigenvalue weighted by Gasteiger charge is 2.39. The molecule has 1 saturated heterocycles. The molecule has 0 unspecified atom stereocenters. The summed E-state index contributed by atoms with van der Waals surface area (Å²) in [7, 11) is 0. The molecule has 2 N–H and O–H groups in total. The van der Waals surface area contributed by atoms with Crippen LogP contribution in [0.25, 0.3) is 0 Å². The van der Waals surface area contributed by atoms with Gasteiger partial charge in [-0.15, -0.1) is 0 Å². The highest BCUT2D eigenvalue weighted by molar-refractivity contribution is 5.88. The van der Waals surface area contributed by atoms with E-state index in [-0.39, 0.29) is 18.5 Å². The van der Waals surface area contributed by atoms with Crippen molar-refractivity contribution in [2.45, 2.75) is 45.5 Å². The Bertz CT molecular complexity index is 931. The van der Waals surface area contributed by atoms with E-state index in [2.05, 4.69) is 15.3 Å². The van der Waals surface area contributed by atoms with Crippen LogP contribution in [-0.4, -0.2) is 46.8 Å². The number of anilines is 1.